The highest BCUT2D eigenvalue weighted by Crippen LogP contribution is 2.51. The standard InChI is InChI=1S/C53H61F2N11O5/c1-6-31-11-13-32(14-12-31)30(2)58-48(69)41-21-36(67)27-66(41)49(70)45(52(3,4)5)60-51(71)64-28-53(29-64)23-35(24-53)63-18-15-33(16-19-63)34-25-56-50(57-26-34)65-20-17-39-43(44(65)46(54)55)38-22-40(61-62-47(38)59-39)37-9-7-8-10-42(37)68/h1,7-14,22,25-26,30,33,35-36,41,44-46,67-68H,15-21,23-24,27-29H2,2-5H3,(H,58,69)(H,59,62)(H,60,71)/t30-,36+,41-,44-,45+/m0/s1. The van der Waals surface area contributed by atoms with E-state index in [1.165, 1.54) is 4.90 Å². The van der Waals surface area contributed by atoms with Crippen LogP contribution in [0.3, 0.4) is 0 Å². The Morgan fingerprint density at radius 3 is 2.34 bits per heavy atom. The third-order valence-electron chi connectivity index (χ3n) is 15.6. The molecule has 4 amide bonds. The number of phenolic OH excluding ortho intramolecular Hbond substituents is 1. The molecule has 18 heteroatoms. The molecule has 4 fully saturated rings. The number of para-hydroxylation sites is 1. The number of carbonyl (C=O) groups excluding carboxylic acids is 3. The number of phenols is 1. The number of benzene rings is 2. The third-order valence-corrected chi connectivity index (χ3v) is 15.6. The number of halogens is 2. The number of aromatic amines is 1. The average Bonchev–Trinajstić information content (AvgIpc) is 3.92. The molecule has 5 atom stereocenters. The van der Waals surface area contributed by atoms with Crippen molar-refractivity contribution in [1.29, 1.82) is 0 Å². The number of aliphatic hydroxyl groups is 1. The van der Waals surface area contributed by atoms with E-state index in [4.69, 9.17) is 6.42 Å². The lowest BCUT2D eigenvalue weighted by atomic mass is 9.60. The number of terminal acetylenes is 1. The van der Waals surface area contributed by atoms with Crippen LogP contribution >= 0.6 is 0 Å². The number of aliphatic hydroxyl groups excluding tert-OH is 1. The van der Waals surface area contributed by atoms with E-state index < -0.39 is 42.0 Å². The number of H-pyrrole nitrogens is 1. The van der Waals surface area contributed by atoms with E-state index in [0.717, 1.165) is 55.5 Å². The van der Waals surface area contributed by atoms with Gasteiger partial charge in [-0.05, 0) is 98.5 Å². The van der Waals surface area contributed by atoms with Gasteiger partial charge >= 0.3 is 6.03 Å². The van der Waals surface area contributed by atoms with E-state index in [0.29, 0.717) is 65.6 Å². The number of carbonyl (C=O) groups is 3. The lowest BCUT2D eigenvalue weighted by molar-refractivity contribution is -0.142. The molecule has 1 spiro atoms. The van der Waals surface area contributed by atoms with Crippen LogP contribution in [0.4, 0.5) is 19.5 Å². The van der Waals surface area contributed by atoms with E-state index in [-0.39, 0.29) is 54.0 Å². The monoisotopic (exact) mass is 969 g/mol. The number of β-amino-alcohol motifs (C(OH)–C–C–N with tert-alkyl or cyclic N) is 1. The van der Waals surface area contributed by atoms with E-state index in [2.05, 4.69) is 46.6 Å². The molecule has 2 aromatic carbocycles. The molecule has 0 unspecified atom stereocenters. The van der Waals surface area contributed by atoms with Gasteiger partial charge in [0, 0.05) is 90.6 Å². The van der Waals surface area contributed by atoms with E-state index >= 15 is 8.78 Å². The number of nitrogens with zero attached hydrogens (tertiary/aromatic N) is 8. The smallest absolute Gasteiger partial charge is 0.318 e. The van der Waals surface area contributed by atoms with Crippen molar-refractivity contribution in [2.45, 2.75) is 115 Å². The maximum atomic E-state index is 15.1. The first-order chi connectivity index (χ1) is 34.0. The molecule has 16 nitrogen and oxygen atoms in total. The number of urea groups is 1. The van der Waals surface area contributed by atoms with Crippen molar-refractivity contribution in [3.8, 4) is 29.4 Å². The summed E-state index contributed by atoms with van der Waals surface area (Å²) in [4.78, 5) is 61.4. The zero-order chi connectivity index (χ0) is 49.9. The van der Waals surface area contributed by atoms with Crippen molar-refractivity contribution in [3.63, 3.8) is 0 Å². The van der Waals surface area contributed by atoms with Crippen molar-refractivity contribution in [2.75, 3.05) is 44.2 Å². The molecule has 7 heterocycles. The Morgan fingerprint density at radius 1 is 0.972 bits per heavy atom. The summed E-state index contributed by atoms with van der Waals surface area (Å²) >= 11 is 0. The van der Waals surface area contributed by atoms with Gasteiger partial charge in [-0.15, -0.1) is 16.6 Å². The summed E-state index contributed by atoms with van der Waals surface area (Å²) in [5.41, 5.74) is 4.33. The van der Waals surface area contributed by atoms with E-state index in [9.17, 15) is 24.6 Å². The summed E-state index contributed by atoms with van der Waals surface area (Å²) in [6.45, 7) is 10.8. The summed E-state index contributed by atoms with van der Waals surface area (Å²) < 4.78 is 30.2. The van der Waals surface area contributed by atoms with Gasteiger partial charge in [-0.1, -0.05) is 51.0 Å². The first-order valence-electron chi connectivity index (χ1n) is 24.7. The fraction of sp³-hybridized carbons (Fsp3) is 0.491. The SMILES string of the molecule is C#Cc1ccc([C@H](C)NC(=O)[C@@H]2C[C@@H](O)CN2C(=O)[C@@H](NC(=O)N2CC3(CC(N4CCC(c5cnc(N6CCc7[nH]c8nnc(-c9ccccc9O)cc8c7[C@H]6C(F)F)nc5)CC4)C3)C2)C(C)(C)C)cc1. The number of rotatable bonds is 10. The van der Waals surface area contributed by atoms with E-state index in [1.807, 2.05) is 39.8 Å². The largest absolute Gasteiger partial charge is 0.507 e. The molecule has 4 aliphatic heterocycles. The van der Waals surface area contributed by atoms with Crippen molar-refractivity contribution >= 4 is 34.8 Å². The second-order valence-electron chi connectivity index (χ2n) is 21.4. The minimum atomic E-state index is -2.74. The highest BCUT2D eigenvalue weighted by Gasteiger charge is 2.56. The Morgan fingerprint density at radius 2 is 1.68 bits per heavy atom. The van der Waals surface area contributed by atoms with Crippen LogP contribution < -0.4 is 15.5 Å². The molecule has 372 valence electrons. The molecular weight excluding hydrogens is 909 g/mol. The van der Waals surface area contributed by atoms with Gasteiger partial charge in [-0.2, -0.15) is 0 Å². The normalized spacial score (nSPS) is 22.4. The van der Waals surface area contributed by atoms with Gasteiger partial charge in [0.25, 0.3) is 6.43 Å². The zero-order valence-electron chi connectivity index (χ0n) is 40.5. The zero-order valence-corrected chi connectivity index (χ0v) is 40.5. The second kappa shape index (κ2) is 18.8. The Hall–Kier alpha value is -6.71. The molecule has 0 radical (unpaired) electrons. The van der Waals surface area contributed by atoms with Crippen LogP contribution in [0.2, 0.25) is 0 Å². The maximum Gasteiger partial charge on any atom is 0.318 e. The number of fused-ring (bicyclic) bond motifs is 3. The van der Waals surface area contributed by atoms with Crippen LogP contribution in [-0.2, 0) is 16.0 Å². The molecule has 3 saturated heterocycles. The maximum absolute atomic E-state index is 15.1. The number of hydrogen-bond donors (Lipinski definition) is 5. The summed E-state index contributed by atoms with van der Waals surface area (Å²) in [5.74, 6) is 2.33. The van der Waals surface area contributed by atoms with Crippen LogP contribution in [0.5, 0.6) is 5.75 Å². The molecule has 5 aliphatic rings. The molecule has 3 aromatic heterocycles. The van der Waals surface area contributed by atoms with Gasteiger partial charge in [0.2, 0.25) is 17.8 Å². The van der Waals surface area contributed by atoms with Crippen molar-refractivity contribution in [2.24, 2.45) is 10.8 Å². The topological polar surface area (TPSA) is 196 Å². The number of likely N-dealkylation sites (tertiary alicyclic amines) is 3. The number of anilines is 1. The predicted octanol–water partition coefficient (Wildman–Crippen LogP) is 6.08. The summed E-state index contributed by atoms with van der Waals surface area (Å²) in [5, 5.41) is 36.2. The van der Waals surface area contributed by atoms with Gasteiger partial charge in [-0.25, -0.2) is 23.5 Å². The lowest BCUT2D eigenvalue weighted by Crippen LogP contribution is -2.70. The molecule has 71 heavy (non-hydrogen) atoms. The minimum absolute atomic E-state index is 0.00479. The minimum Gasteiger partial charge on any atom is -0.507 e. The Bertz CT molecular complexity index is 2840. The van der Waals surface area contributed by atoms with Crippen LogP contribution in [0.15, 0.2) is 67.0 Å². The number of piperidine rings is 1. The number of alkyl halides is 2. The van der Waals surface area contributed by atoms with Gasteiger partial charge in [-0.3, -0.25) is 9.59 Å². The van der Waals surface area contributed by atoms with Crippen molar-refractivity contribution < 1.29 is 33.4 Å². The molecule has 1 saturated carbocycles. The highest BCUT2D eigenvalue weighted by atomic mass is 19.3. The quantitative estimate of drug-likeness (QED) is 0.102. The Balaban J connectivity index is 0.709. The Labute approximate surface area is 411 Å². The van der Waals surface area contributed by atoms with Gasteiger partial charge in [0.05, 0.1) is 17.8 Å². The lowest BCUT2D eigenvalue weighted by Gasteiger charge is -2.61. The first-order valence-corrected chi connectivity index (χ1v) is 24.7. The van der Waals surface area contributed by atoms with Crippen molar-refractivity contribution in [1.82, 2.24) is 50.5 Å². The number of aromatic nitrogens is 5. The summed E-state index contributed by atoms with van der Waals surface area (Å²) in [6, 6.07) is 12.4. The Kier molecular flexibility index (Phi) is 12.7. The number of hydrogen-bond acceptors (Lipinski definition) is 11. The number of amides is 4. The average molecular weight is 970 g/mol. The van der Waals surface area contributed by atoms with E-state index in [1.54, 1.807) is 64.7 Å². The van der Waals surface area contributed by atoms with Gasteiger partial charge in [0.1, 0.15) is 23.9 Å². The van der Waals surface area contributed by atoms with Crippen molar-refractivity contribution in [3.05, 3.63) is 94.9 Å². The van der Waals surface area contributed by atoms with Crippen LogP contribution in [0.25, 0.3) is 22.3 Å². The second-order valence-corrected chi connectivity index (χ2v) is 21.4. The molecular formula is C53H61F2N11O5. The molecule has 5 aromatic rings. The first kappa shape index (κ1) is 47.9. The fourth-order valence-electron chi connectivity index (χ4n) is 11.7. The van der Waals surface area contributed by atoms with Gasteiger partial charge < -0.3 is 45.4 Å². The molecule has 1 aliphatic carbocycles. The summed E-state index contributed by atoms with van der Waals surface area (Å²) in [6.07, 6.45) is 9.83. The molecule has 0 bridgehead atoms. The molecule has 10 rings (SSSR count). The van der Waals surface area contributed by atoms with Crippen LogP contribution in [0, 0.1) is 23.2 Å². The third kappa shape index (κ3) is 9.25. The number of nitrogens with one attached hydrogen (secondary N) is 3. The highest BCUT2D eigenvalue weighted by molar-refractivity contribution is 5.93. The van der Waals surface area contributed by atoms with Crippen LogP contribution in [0.1, 0.15) is 106 Å². The fourth-order valence-corrected chi connectivity index (χ4v) is 11.7. The van der Waals surface area contributed by atoms with Crippen LogP contribution in [-0.4, -0.2) is 138 Å². The number of aromatic hydroxyl groups is 1. The summed E-state index contributed by atoms with van der Waals surface area (Å²) in [7, 11) is 0. The van der Waals surface area contributed by atoms with Gasteiger partial charge in [0.15, 0.2) is 5.65 Å². The molecule has 5 N–H and O–H groups in total. The predicted molar refractivity (Wildman–Crippen MR) is 262 cm³/mol.